The summed E-state index contributed by atoms with van der Waals surface area (Å²) in [6.45, 7) is 2.04. The van der Waals surface area contributed by atoms with Crippen molar-refractivity contribution in [2.45, 2.75) is 26.2 Å². The van der Waals surface area contributed by atoms with Gasteiger partial charge in [-0.25, -0.2) is 4.98 Å². The van der Waals surface area contributed by atoms with Crippen molar-refractivity contribution in [1.82, 2.24) is 4.98 Å². The average molecular weight is 249 g/mol. The first-order chi connectivity index (χ1) is 9.28. The molecule has 0 spiro atoms. The summed E-state index contributed by atoms with van der Waals surface area (Å²) in [5.74, 6) is 0.678. The Morgan fingerprint density at radius 3 is 2.89 bits per heavy atom. The lowest BCUT2D eigenvalue weighted by molar-refractivity contribution is 0.900. The topological polar surface area (TPSA) is 48.7 Å². The molecule has 0 saturated carbocycles. The van der Waals surface area contributed by atoms with Gasteiger partial charge in [0.1, 0.15) is 11.9 Å². The van der Waals surface area contributed by atoms with Crippen LogP contribution in [0.15, 0.2) is 30.3 Å². The Hall–Kier alpha value is -2.34. The lowest BCUT2D eigenvalue weighted by atomic mass is 10.1. The third-order valence-electron chi connectivity index (χ3n) is 3.57. The first kappa shape index (κ1) is 11.7. The van der Waals surface area contributed by atoms with Gasteiger partial charge in [0.25, 0.3) is 0 Å². The Kier molecular flexibility index (Phi) is 2.92. The van der Waals surface area contributed by atoms with Gasteiger partial charge in [-0.3, -0.25) is 0 Å². The van der Waals surface area contributed by atoms with Gasteiger partial charge in [-0.2, -0.15) is 5.26 Å². The number of anilines is 2. The number of rotatable bonds is 2. The summed E-state index contributed by atoms with van der Waals surface area (Å²) in [6.07, 6.45) is 3.20. The van der Waals surface area contributed by atoms with Gasteiger partial charge in [0.2, 0.25) is 0 Å². The molecule has 1 aromatic heterocycles. The number of nitrogens with zero attached hydrogens (tertiary/aromatic N) is 2. The molecule has 0 unspecified atom stereocenters. The van der Waals surface area contributed by atoms with E-state index in [1.807, 2.05) is 37.3 Å². The zero-order valence-corrected chi connectivity index (χ0v) is 10.9. The average Bonchev–Trinajstić information content (AvgIpc) is 2.87. The summed E-state index contributed by atoms with van der Waals surface area (Å²) < 4.78 is 0. The van der Waals surface area contributed by atoms with E-state index in [4.69, 9.17) is 0 Å². The Labute approximate surface area is 112 Å². The maximum atomic E-state index is 9.27. The number of nitriles is 1. The molecular weight excluding hydrogens is 234 g/mol. The Morgan fingerprint density at radius 1 is 1.26 bits per heavy atom. The molecule has 94 valence electrons. The Morgan fingerprint density at radius 2 is 2.11 bits per heavy atom. The van der Waals surface area contributed by atoms with Crippen molar-refractivity contribution < 1.29 is 0 Å². The van der Waals surface area contributed by atoms with Crippen LogP contribution in [0, 0.1) is 18.3 Å². The van der Waals surface area contributed by atoms with Crippen molar-refractivity contribution in [3.8, 4) is 6.07 Å². The Balaban J connectivity index is 2.02. The second-order valence-electron chi connectivity index (χ2n) is 4.90. The van der Waals surface area contributed by atoms with E-state index in [9.17, 15) is 5.26 Å². The van der Waals surface area contributed by atoms with Crippen LogP contribution in [-0.2, 0) is 12.8 Å². The van der Waals surface area contributed by atoms with E-state index in [0.29, 0.717) is 11.4 Å². The minimum atomic E-state index is 0.629. The van der Waals surface area contributed by atoms with Gasteiger partial charge in [0.15, 0.2) is 0 Å². The number of nitrogens with one attached hydrogen (secondary N) is 1. The molecule has 0 amide bonds. The molecule has 1 aromatic carbocycles. The van der Waals surface area contributed by atoms with Gasteiger partial charge in [-0.15, -0.1) is 0 Å². The minimum absolute atomic E-state index is 0.629. The van der Waals surface area contributed by atoms with Crippen LogP contribution in [0.25, 0.3) is 0 Å². The van der Waals surface area contributed by atoms with E-state index >= 15 is 0 Å². The van der Waals surface area contributed by atoms with Gasteiger partial charge in [0, 0.05) is 11.4 Å². The molecule has 0 radical (unpaired) electrons. The van der Waals surface area contributed by atoms with Crippen molar-refractivity contribution in [2.24, 2.45) is 0 Å². The zero-order valence-electron chi connectivity index (χ0n) is 10.9. The van der Waals surface area contributed by atoms with Crippen LogP contribution >= 0.6 is 0 Å². The van der Waals surface area contributed by atoms with Crippen LogP contribution in [0.2, 0.25) is 0 Å². The van der Waals surface area contributed by atoms with Crippen LogP contribution in [0.5, 0.6) is 0 Å². The molecular formula is C16H15N3. The lowest BCUT2D eigenvalue weighted by Crippen LogP contribution is -2.01. The monoisotopic (exact) mass is 249 g/mol. The lowest BCUT2D eigenvalue weighted by Gasteiger charge is -2.11. The predicted octanol–water partition coefficient (Wildman–Crippen LogP) is 3.49. The quantitative estimate of drug-likeness (QED) is 0.886. The molecule has 1 N–H and O–H groups in total. The summed E-state index contributed by atoms with van der Waals surface area (Å²) in [6, 6.07) is 12.3. The van der Waals surface area contributed by atoms with Crippen LogP contribution in [0.3, 0.4) is 0 Å². The highest BCUT2D eigenvalue weighted by Gasteiger charge is 2.16. The summed E-state index contributed by atoms with van der Waals surface area (Å²) in [5, 5.41) is 12.6. The minimum Gasteiger partial charge on any atom is -0.339 e. The van der Waals surface area contributed by atoms with Gasteiger partial charge < -0.3 is 5.32 Å². The van der Waals surface area contributed by atoms with E-state index < -0.39 is 0 Å². The van der Waals surface area contributed by atoms with Gasteiger partial charge >= 0.3 is 0 Å². The number of fused-ring (bicyclic) bond motifs is 1. The maximum Gasteiger partial charge on any atom is 0.148 e. The fourth-order valence-corrected chi connectivity index (χ4v) is 2.49. The molecule has 1 heterocycles. The SMILES string of the molecule is Cc1ccccc1Nc1nc2c(cc1C#N)CCC2. The highest BCUT2D eigenvalue weighted by Crippen LogP contribution is 2.27. The normalized spacial score (nSPS) is 12.8. The summed E-state index contributed by atoms with van der Waals surface area (Å²) in [5.41, 5.74) is 5.14. The van der Waals surface area contributed by atoms with Gasteiger partial charge in [0.05, 0.1) is 5.56 Å². The standard InChI is InChI=1S/C16H15N3/c1-11-5-2-3-7-14(11)18-16-13(10-17)9-12-6-4-8-15(12)19-16/h2-3,5,7,9H,4,6,8H2,1H3,(H,18,19). The van der Waals surface area contributed by atoms with Crippen molar-refractivity contribution in [2.75, 3.05) is 5.32 Å². The molecule has 0 saturated heterocycles. The second-order valence-corrected chi connectivity index (χ2v) is 4.90. The molecule has 19 heavy (non-hydrogen) atoms. The van der Waals surface area contributed by atoms with E-state index in [1.165, 1.54) is 5.56 Å². The zero-order chi connectivity index (χ0) is 13.2. The molecule has 1 aliphatic carbocycles. The smallest absolute Gasteiger partial charge is 0.148 e. The fraction of sp³-hybridized carbons (Fsp3) is 0.250. The van der Waals surface area contributed by atoms with Crippen LogP contribution < -0.4 is 5.32 Å². The number of pyridine rings is 1. The predicted molar refractivity (Wildman–Crippen MR) is 75.4 cm³/mol. The number of hydrogen-bond acceptors (Lipinski definition) is 3. The highest BCUT2D eigenvalue weighted by molar-refractivity contribution is 5.66. The van der Waals surface area contributed by atoms with Crippen molar-refractivity contribution >= 4 is 11.5 Å². The number of aromatic nitrogens is 1. The van der Waals surface area contributed by atoms with E-state index in [0.717, 1.165) is 36.2 Å². The van der Waals surface area contributed by atoms with Crippen LogP contribution in [0.4, 0.5) is 11.5 Å². The second kappa shape index (κ2) is 4.74. The first-order valence-electron chi connectivity index (χ1n) is 6.53. The number of para-hydroxylation sites is 1. The number of benzene rings is 1. The molecule has 0 fully saturated rings. The largest absolute Gasteiger partial charge is 0.339 e. The van der Waals surface area contributed by atoms with E-state index in [1.54, 1.807) is 0 Å². The molecule has 2 aromatic rings. The highest BCUT2D eigenvalue weighted by atomic mass is 15.0. The maximum absolute atomic E-state index is 9.27. The third kappa shape index (κ3) is 2.17. The molecule has 3 nitrogen and oxygen atoms in total. The summed E-state index contributed by atoms with van der Waals surface area (Å²) in [7, 11) is 0. The van der Waals surface area contributed by atoms with Crippen LogP contribution in [-0.4, -0.2) is 4.98 Å². The van der Waals surface area contributed by atoms with E-state index in [2.05, 4.69) is 16.4 Å². The van der Waals surface area contributed by atoms with Crippen LogP contribution in [0.1, 0.15) is 28.8 Å². The van der Waals surface area contributed by atoms with Gasteiger partial charge in [-0.1, -0.05) is 18.2 Å². The molecule has 0 aliphatic heterocycles. The van der Waals surface area contributed by atoms with Crippen molar-refractivity contribution in [3.63, 3.8) is 0 Å². The van der Waals surface area contributed by atoms with Crippen molar-refractivity contribution in [3.05, 3.63) is 52.7 Å². The van der Waals surface area contributed by atoms with E-state index in [-0.39, 0.29) is 0 Å². The first-order valence-corrected chi connectivity index (χ1v) is 6.53. The molecule has 3 rings (SSSR count). The summed E-state index contributed by atoms with van der Waals surface area (Å²) in [4.78, 5) is 4.63. The molecule has 0 bridgehead atoms. The number of aryl methyl sites for hydroxylation is 3. The summed E-state index contributed by atoms with van der Waals surface area (Å²) >= 11 is 0. The molecule has 0 atom stereocenters. The molecule has 1 aliphatic rings. The van der Waals surface area contributed by atoms with Crippen molar-refractivity contribution in [1.29, 1.82) is 5.26 Å². The Bertz CT molecular complexity index is 668. The molecule has 3 heteroatoms. The fourth-order valence-electron chi connectivity index (χ4n) is 2.49. The number of hydrogen-bond donors (Lipinski definition) is 1. The third-order valence-corrected chi connectivity index (χ3v) is 3.57. The van der Waals surface area contributed by atoms with Gasteiger partial charge in [-0.05, 0) is 49.4 Å².